The highest BCUT2D eigenvalue weighted by Gasteiger charge is 2.27. The highest BCUT2D eigenvalue weighted by atomic mass is 31.2. The average Bonchev–Trinajstić information content (AvgIpc) is 3.19. The van der Waals surface area contributed by atoms with Crippen molar-refractivity contribution in [2.75, 3.05) is 47.5 Å². The maximum atomic E-state index is 12.7. The van der Waals surface area contributed by atoms with Gasteiger partial charge in [0, 0.05) is 12.8 Å². The van der Waals surface area contributed by atoms with Crippen molar-refractivity contribution in [3.8, 4) is 0 Å². The summed E-state index contributed by atoms with van der Waals surface area (Å²) in [5, 5.41) is 0. The van der Waals surface area contributed by atoms with Crippen molar-refractivity contribution in [3.63, 3.8) is 0 Å². The molecule has 0 fully saturated rings. The summed E-state index contributed by atoms with van der Waals surface area (Å²) in [6, 6.07) is 0. The van der Waals surface area contributed by atoms with Gasteiger partial charge in [-0.1, -0.05) is 226 Å². The summed E-state index contributed by atoms with van der Waals surface area (Å²) < 4.78 is 34.4. The molecule has 0 aliphatic carbocycles. The Morgan fingerprint density at radius 1 is 0.458 bits per heavy atom. The van der Waals surface area contributed by atoms with Crippen LogP contribution in [0.5, 0.6) is 0 Å². The zero-order valence-electron chi connectivity index (χ0n) is 39.8. The van der Waals surface area contributed by atoms with Crippen molar-refractivity contribution in [1.29, 1.82) is 0 Å². The summed E-state index contributed by atoms with van der Waals surface area (Å²) in [4.78, 5) is 35.4. The number of unbranched alkanes of at least 4 members (excludes halogenated alkanes) is 33. The van der Waals surface area contributed by atoms with Crippen molar-refractivity contribution < 1.29 is 42.1 Å². The number of phosphoric ester groups is 1. The lowest BCUT2D eigenvalue weighted by Gasteiger charge is -2.24. The number of hydrogen-bond donors (Lipinski definition) is 1. The lowest BCUT2D eigenvalue weighted by Crippen LogP contribution is -2.37. The van der Waals surface area contributed by atoms with E-state index in [9.17, 15) is 19.0 Å². The minimum absolute atomic E-state index is 0.0370. The molecule has 0 saturated carbocycles. The molecule has 1 unspecified atom stereocenters. The highest BCUT2D eigenvalue weighted by molar-refractivity contribution is 7.47. The fourth-order valence-electron chi connectivity index (χ4n) is 7.43. The lowest BCUT2D eigenvalue weighted by atomic mass is 10.0. The minimum atomic E-state index is -4.37. The summed E-state index contributed by atoms with van der Waals surface area (Å²) in [7, 11) is 1.50. The number of nitrogens with zero attached hydrogens (tertiary/aromatic N) is 1. The standard InChI is InChI=1S/C49H98NO8P/c1-6-8-10-12-14-16-18-20-21-22-23-24-25-26-27-28-29-30-32-34-36-38-40-42-49(52)58-47(46-57-59(53,54)56-44-43-50(3,4)5)45-55-48(51)41-39-37-35-33-31-19-17-15-13-11-9-7-2/h47H,6-46H2,1-5H3/p+1/t47-/m1/s1. The molecule has 10 heteroatoms. The molecule has 0 aromatic carbocycles. The highest BCUT2D eigenvalue weighted by Crippen LogP contribution is 2.43. The Kier molecular flexibility index (Phi) is 41.6. The molecule has 2 atom stereocenters. The molecular weight excluding hydrogens is 762 g/mol. The number of likely N-dealkylation sites (N-methyl/N-ethyl adjacent to an activating group) is 1. The van der Waals surface area contributed by atoms with Gasteiger partial charge in [0.15, 0.2) is 6.10 Å². The Morgan fingerprint density at radius 3 is 1.08 bits per heavy atom. The Hall–Kier alpha value is -0.990. The summed E-state index contributed by atoms with van der Waals surface area (Å²) in [6.07, 6.45) is 44.4. The number of carbonyl (C=O) groups excluding carboxylic acids is 2. The van der Waals surface area contributed by atoms with Crippen LogP contribution in [0.4, 0.5) is 0 Å². The first-order chi connectivity index (χ1) is 28.5. The van der Waals surface area contributed by atoms with Crippen molar-refractivity contribution in [2.45, 2.75) is 258 Å². The van der Waals surface area contributed by atoms with Gasteiger partial charge in [0.05, 0.1) is 27.7 Å². The molecule has 352 valence electrons. The van der Waals surface area contributed by atoms with Gasteiger partial charge in [-0.15, -0.1) is 0 Å². The Bertz CT molecular complexity index is 974. The van der Waals surface area contributed by atoms with E-state index in [0.717, 1.165) is 38.5 Å². The van der Waals surface area contributed by atoms with Gasteiger partial charge in [-0.2, -0.15) is 0 Å². The van der Waals surface area contributed by atoms with Crippen molar-refractivity contribution in [2.24, 2.45) is 0 Å². The predicted molar refractivity (Wildman–Crippen MR) is 248 cm³/mol. The second-order valence-electron chi connectivity index (χ2n) is 18.6. The van der Waals surface area contributed by atoms with Gasteiger partial charge in [0.1, 0.15) is 19.8 Å². The second-order valence-corrected chi connectivity index (χ2v) is 20.0. The average molecular weight is 861 g/mol. The van der Waals surface area contributed by atoms with Crippen LogP contribution in [0.3, 0.4) is 0 Å². The van der Waals surface area contributed by atoms with E-state index in [1.54, 1.807) is 0 Å². The zero-order chi connectivity index (χ0) is 43.6. The molecule has 0 aliphatic heterocycles. The van der Waals surface area contributed by atoms with E-state index in [2.05, 4.69) is 13.8 Å². The Morgan fingerprint density at radius 2 is 0.763 bits per heavy atom. The molecule has 9 nitrogen and oxygen atoms in total. The molecule has 0 amide bonds. The van der Waals surface area contributed by atoms with Crippen LogP contribution in [-0.4, -0.2) is 74.9 Å². The molecule has 0 aromatic heterocycles. The maximum absolute atomic E-state index is 12.7. The van der Waals surface area contributed by atoms with Gasteiger partial charge in [-0.05, 0) is 12.8 Å². The summed E-state index contributed by atoms with van der Waals surface area (Å²) in [5.74, 6) is -0.780. The normalized spacial score (nSPS) is 13.4. The third-order valence-corrected chi connectivity index (χ3v) is 12.4. The van der Waals surface area contributed by atoms with Gasteiger partial charge in [0.2, 0.25) is 0 Å². The van der Waals surface area contributed by atoms with Crippen LogP contribution in [0.1, 0.15) is 251 Å². The van der Waals surface area contributed by atoms with Crippen LogP contribution < -0.4 is 0 Å². The summed E-state index contributed by atoms with van der Waals surface area (Å²) in [6.45, 7) is 4.47. The van der Waals surface area contributed by atoms with Crippen LogP contribution in [-0.2, 0) is 32.7 Å². The first-order valence-corrected chi connectivity index (χ1v) is 26.8. The molecule has 0 spiro atoms. The predicted octanol–water partition coefficient (Wildman–Crippen LogP) is 14.8. The largest absolute Gasteiger partial charge is 0.472 e. The molecule has 59 heavy (non-hydrogen) atoms. The lowest BCUT2D eigenvalue weighted by molar-refractivity contribution is -0.870. The van der Waals surface area contributed by atoms with E-state index in [4.69, 9.17) is 18.5 Å². The fraction of sp³-hybridized carbons (Fsp3) is 0.959. The molecule has 0 heterocycles. The van der Waals surface area contributed by atoms with Gasteiger partial charge in [0.25, 0.3) is 0 Å². The number of rotatable bonds is 47. The van der Waals surface area contributed by atoms with E-state index in [1.807, 2.05) is 21.1 Å². The van der Waals surface area contributed by atoms with E-state index in [-0.39, 0.29) is 25.6 Å². The number of carbonyl (C=O) groups is 2. The first kappa shape index (κ1) is 58.0. The second kappa shape index (κ2) is 42.3. The molecule has 0 saturated heterocycles. The van der Waals surface area contributed by atoms with Crippen LogP contribution in [0, 0.1) is 0 Å². The van der Waals surface area contributed by atoms with Crippen LogP contribution in [0.25, 0.3) is 0 Å². The third kappa shape index (κ3) is 46.3. The monoisotopic (exact) mass is 861 g/mol. The quantitative estimate of drug-likeness (QED) is 0.0279. The van der Waals surface area contributed by atoms with E-state index in [1.165, 1.54) is 186 Å². The van der Waals surface area contributed by atoms with Crippen molar-refractivity contribution in [3.05, 3.63) is 0 Å². The van der Waals surface area contributed by atoms with Gasteiger partial charge >= 0.3 is 19.8 Å². The third-order valence-electron chi connectivity index (χ3n) is 11.4. The topological polar surface area (TPSA) is 108 Å². The number of phosphoric acid groups is 1. The number of ether oxygens (including phenoxy) is 2. The number of hydrogen-bond acceptors (Lipinski definition) is 7. The molecule has 0 radical (unpaired) electrons. The Labute approximate surface area is 365 Å². The molecule has 1 N–H and O–H groups in total. The molecule has 0 aliphatic rings. The molecular formula is C49H99NO8P+. The number of quaternary nitrogens is 1. The maximum Gasteiger partial charge on any atom is 0.472 e. The SMILES string of the molecule is CCCCCCCCCCCCCCCCCCCCCCCCCC(=O)O[C@H](COC(=O)CCCCCCCCCCCCCC)COP(=O)(O)OCC[N+](C)(C)C. The summed E-state index contributed by atoms with van der Waals surface area (Å²) >= 11 is 0. The van der Waals surface area contributed by atoms with Crippen LogP contribution in [0.15, 0.2) is 0 Å². The smallest absolute Gasteiger partial charge is 0.462 e. The van der Waals surface area contributed by atoms with Gasteiger partial charge in [-0.3, -0.25) is 18.6 Å². The van der Waals surface area contributed by atoms with Gasteiger partial charge < -0.3 is 18.9 Å². The van der Waals surface area contributed by atoms with Crippen LogP contribution in [0.2, 0.25) is 0 Å². The zero-order valence-corrected chi connectivity index (χ0v) is 40.7. The van der Waals surface area contributed by atoms with Crippen molar-refractivity contribution >= 4 is 19.8 Å². The Balaban J connectivity index is 4.14. The minimum Gasteiger partial charge on any atom is -0.462 e. The van der Waals surface area contributed by atoms with Gasteiger partial charge in [-0.25, -0.2) is 4.57 Å². The first-order valence-electron chi connectivity index (χ1n) is 25.3. The van der Waals surface area contributed by atoms with Crippen LogP contribution >= 0.6 is 7.82 Å². The van der Waals surface area contributed by atoms with E-state index >= 15 is 0 Å². The number of esters is 2. The molecule has 0 aromatic rings. The summed E-state index contributed by atoms with van der Waals surface area (Å²) in [5.41, 5.74) is 0. The fourth-order valence-corrected chi connectivity index (χ4v) is 8.17. The van der Waals surface area contributed by atoms with Crippen molar-refractivity contribution in [1.82, 2.24) is 0 Å². The molecule has 0 bridgehead atoms. The van der Waals surface area contributed by atoms with E-state index < -0.39 is 26.5 Å². The molecule has 0 rings (SSSR count). The van der Waals surface area contributed by atoms with E-state index in [0.29, 0.717) is 17.4 Å².